The minimum atomic E-state index is 0.712. The van der Waals surface area contributed by atoms with E-state index in [1.54, 1.807) is 12.4 Å². The van der Waals surface area contributed by atoms with E-state index in [-0.39, 0.29) is 0 Å². The smallest absolute Gasteiger partial charge is 0.0857 e. The molecule has 0 aliphatic heterocycles. The number of aromatic nitrogens is 2. The summed E-state index contributed by atoms with van der Waals surface area (Å²) >= 11 is 0. The molecule has 0 saturated carbocycles. The molecule has 2 aromatic heterocycles. The number of hydrogen-bond donors (Lipinski definition) is 1. The molecule has 1 N–H and O–H groups in total. The lowest BCUT2D eigenvalue weighted by atomic mass is 10.2. The summed E-state index contributed by atoms with van der Waals surface area (Å²) in [5.74, 6) is 0. The first-order chi connectivity index (χ1) is 8.90. The van der Waals surface area contributed by atoms with Gasteiger partial charge >= 0.3 is 0 Å². The summed E-state index contributed by atoms with van der Waals surface area (Å²) in [6.07, 6.45) is 6.73. The van der Waals surface area contributed by atoms with Crippen LogP contribution in [0.4, 0.5) is 0 Å². The van der Waals surface area contributed by atoms with E-state index in [1.807, 2.05) is 36.4 Å². The van der Waals surface area contributed by atoms with Crippen LogP contribution in [0.2, 0.25) is 0 Å². The molecule has 3 heteroatoms. The molecule has 0 amide bonds. The quantitative estimate of drug-likeness (QED) is 0.871. The zero-order valence-electron chi connectivity index (χ0n) is 10.5. The molecule has 0 aromatic carbocycles. The molecule has 18 heavy (non-hydrogen) atoms. The lowest BCUT2D eigenvalue weighted by Gasteiger charge is -2.10. The molecule has 0 fully saturated rings. The number of rotatable bonds is 5. The number of allylic oxidation sites excluding steroid dienone is 1. The third-order valence-electron chi connectivity index (χ3n) is 2.54. The fraction of sp³-hybridized carbons (Fsp3) is 0.200. The van der Waals surface area contributed by atoms with Crippen LogP contribution in [-0.2, 0) is 6.54 Å². The SMILES string of the molecule is CCC=C(NCc1ccccn1)c1ccccn1. The van der Waals surface area contributed by atoms with E-state index in [0.717, 1.165) is 23.5 Å². The van der Waals surface area contributed by atoms with Gasteiger partial charge in [-0.25, -0.2) is 0 Å². The predicted octanol–water partition coefficient (Wildman–Crippen LogP) is 3.02. The fourth-order valence-corrected chi connectivity index (χ4v) is 1.68. The van der Waals surface area contributed by atoms with Crippen molar-refractivity contribution >= 4 is 5.70 Å². The van der Waals surface area contributed by atoms with Gasteiger partial charge in [0.25, 0.3) is 0 Å². The molecule has 3 nitrogen and oxygen atoms in total. The maximum atomic E-state index is 4.36. The van der Waals surface area contributed by atoms with Crippen LogP contribution in [0.15, 0.2) is 54.9 Å². The molecule has 0 bridgehead atoms. The molecule has 0 aliphatic rings. The molecular formula is C15H17N3. The first kappa shape index (κ1) is 12.3. The molecule has 92 valence electrons. The molecule has 0 spiro atoms. The fourth-order valence-electron chi connectivity index (χ4n) is 1.68. The lowest BCUT2D eigenvalue weighted by Crippen LogP contribution is -2.13. The summed E-state index contributed by atoms with van der Waals surface area (Å²) in [5.41, 5.74) is 3.05. The first-order valence-electron chi connectivity index (χ1n) is 6.15. The molecule has 0 aliphatic carbocycles. The minimum Gasteiger partial charge on any atom is -0.378 e. The van der Waals surface area contributed by atoms with Gasteiger partial charge in [0.2, 0.25) is 0 Å². The average Bonchev–Trinajstić information content (AvgIpc) is 2.45. The van der Waals surface area contributed by atoms with Crippen molar-refractivity contribution < 1.29 is 0 Å². The maximum absolute atomic E-state index is 4.36. The van der Waals surface area contributed by atoms with Gasteiger partial charge in [-0.2, -0.15) is 0 Å². The Morgan fingerprint density at radius 3 is 2.50 bits per heavy atom. The van der Waals surface area contributed by atoms with Crippen molar-refractivity contribution in [3.63, 3.8) is 0 Å². The molecule has 0 unspecified atom stereocenters. The van der Waals surface area contributed by atoms with Crippen molar-refractivity contribution in [3.8, 4) is 0 Å². The summed E-state index contributed by atoms with van der Waals surface area (Å²) in [6, 6.07) is 11.8. The second kappa shape index (κ2) is 6.55. The van der Waals surface area contributed by atoms with Crippen LogP contribution >= 0.6 is 0 Å². The lowest BCUT2D eigenvalue weighted by molar-refractivity contribution is 0.844. The third-order valence-corrected chi connectivity index (χ3v) is 2.54. The van der Waals surface area contributed by atoms with Crippen molar-refractivity contribution in [2.24, 2.45) is 0 Å². The van der Waals surface area contributed by atoms with Crippen molar-refractivity contribution in [3.05, 3.63) is 66.3 Å². The van der Waals surface area contributed by atoms with Gasteiger partial charge in [0.05, 0.1) is 23.6 Å². The average molecular weight is 239 g/mol. The van der Waals surface area contributed by atoms with Gasteiger partial charge in [-0.3, -0.25) is 9.97 Å². The van der Waals surface area contributed by atoms with Crippen LogP contribution in [0, 0.1) is 0 Å². The number of pyridine rings is 2. The highest BCUT2D eigenvalue weighted by atomic mass is 14.9. The zero-order valence-corrected chi connectivity index (χ0v) is 10.5. The Balaban J connectivity index is 2.07. The van der Waals surface area contributed by atoms with E-state index in [4.69, 9.17) is 0 Å². The highest BCUT2D eigenvalue weighted by molar-refractivity contribution is 5.60. The van der Waals surface area contributed by atoms with Gasteiger partial charge in [0, 0.05) is 12.4 Å². The summed E-state index contributed by atoms with van der Waals surface area (Å²) < 4.78 is 0. The van der Waals surface area contributed by atoms with E-state index in [0.29, 0.717) is 6.54 Å². The number of nitrogens with one attached hydrogen (secondary N) is 1. The molecule has 2 rings (SSSR count). The highest BCUT2D eigenvalue weighted by Gasteiger charge is 2.01. The number of hydrogen-bond acceptors (Lipinski definition) is 3. The van der Waals surface area contributed by atoms with Crippen LogP contribution < -0.4 is 5.32 Å². The maximum Gasteiger partial charge on any atom is 0.0857 e. The van der Waals surface area contributed by atoms with E-state index in [1.165, 1.54) is 0 Å². The van der Waals surface area contributed by atoms with Crippen molar-refractivity contribution in [1.29, 1.82) is 0 Å². The largest absolute Gasteiger partial charge is 0.378 e. The van der Waals surface area contributed by atoms with Gasteiger partial charge in [0.15, 0.2) is 0 Å². The Hall–Kier alpha value is -2.16. The van der Waals surface area contributed by atoms with Crippen molar-refractivity contribution in [2.45, 2.75) is 19.9 Å². The third kappa shape index (κ3) is 3.42. The van der Waals surface area contributed by atoms with Gasteiger partial charge in [-0.05, 0) is 30.7 Å². The van der Waals surface area contributed by atoms with Gasteiger partial charge < -0.3 is 5.32 Å². The topological polar surface area (TPSA) is 37.8 Å². The summed E-state index contributed by atoms with van der Waals surface area (Å²) in [6.45, 7) is 2.83. The molecule has 0 saturated heterocycles. The number of nitrogens with zero attached hydrogens (tertiary/aromatic N) is 2. The van der Waals surface area contributed by atoms with Crippen molar-refractivity contribution in [2.75, 3.05) is 0 Å². The first-order valence-corrected chi connectivity index (χ1v) is 6.15. The summed E-state index contributed by atoms with van der Waals surface area (Å²) in [7, 11) is 0. The van der Waals surface area contributed by atoms with E-state index >= 15 is 0 Å². The summed E-state index contributed by atoms with van der Waals surface area (Å²) in [5, 5.41) is 3.39. The zero-order chi connectivity index (χ0) is 12.6. The normalized spacial score (nSPS) is 11.3. The molecule has 0 atom stereocenters. The van der Waals surface area contributed by atoms with Crippen LogP contribution in [0.25, 0.3) is 5.70 Å². The predicted molar refractivity (Wildman–Crippen MR) is 73.6 cm³/mol. The van der Waals surface area contributed by atoms with Crippen molar-refractivity contribution in [1.82, 2.24) is 15.3 Å². The second-order valence-electron chi connectivity index (χ2n) is 3.92. The van der Waals surface area contributed by atoms with Gasteiger partial charge in [-0.15, -0.1) is 0 Å². The van der Waals surface area contributed by atoms with Crippen LogP contribution in [0.5, 0.6) is 0 Å². The van der Waals surface area contributed by atoms with Gasteiger partial charge in [-0.1, -0.05) is 25.1 Å². The molecule has 2 heterocycles. The molecule has 0 radical (unpaired) electrons. The van der Waals surface area contributed by atoms with Crippen LogP contribution in [0.3, 0.4) is 0 Å². The van der Waals surface area contributed by atoms with E-state index < -0.39 is 0 Å². The highest BCUT2D eigenvalue weighted by Crippen LogP contribution is 2.09. The molecular weight excluding hydrogens is 222 g/mol. The molecule has 2 aromatic rings. The Kier molecular flexibility index (Phi) is 4.47. The van der Waals surface area contributed by atoms with E-state index in [2.05, 4.69) is 28.3 Å². The Morgan fingerprint density at radius 2 is 1.89 bits per heavy atom. The second-order valence-corrected chi connectivity index (χ2v) is 3.92. The van der Waals surface area contributed by atoms with Crippen LogP contribution in [0.1, 0.15) is 24.7 Å². The Bertz CT molecular complexity index is 492. The van der Waals surface area contributed by atoms with Crippen LogP contribution in [-0.4, -0.2) is 9.97 Å². The van der Waals surface area contributed by atoms with E-state index in [9.17, 15) is 0 Å². The monoisotopic (exact) mass is 239 g/mol. The Morgan fingerprint density at radius 1 is 1.11 bits per heavy atom. The summed E-state index contributed by atoms with van der Waals surface area (Å²) in [4.78, 5) is 8.65. The minimum absolute atomic E-state index is 0.712. The Labute approximate surface area is 108 Å². The standard InChI is InChI=1S/C15H17N3/c1-2-7-14(15-9-4-6-11-17-15)18-12-13-8-3-5-10-16-13/h3-11,18H,2,12H2,1H3. The van der Waals surface area contributed by atoms with Gasteiger partial charge in [0.1, 0.15) is 0 Å².